The number of aromatic nitrogens is 1. The van der Waals surface area contributed by atoms with Crippen LogP contribution in [0.2, 0.25) is 0 Å². The van der Waals surface area contributed by atoms with Crippen LogP contribution in [0.3, 0.4) is 0 Å². The predicted molar refractivity (Wildman–Crippen MR) is 87.7 cm³/mol. The van der Waals surface area contributed by atoms with Crippen molar-refractivity contribution < 1.29 is 19.1 Å². The van der Waals surface area contributed by atoms with Gasteiger partial charge in [-0.1, -0.05) is 18.2 Å². The van der Waals surface area contributed by atoms with Crippen LogP contribution in [-0.2, 0) is 11.3 Å². The van der Waals surface area contributed by atoms with Crippen molar-refractivity contribution in [2.45, 2.75) is 13.5 Å². The van der Waals surface area contributed by atoms with Crippen molar-refractivity contribution in [3.63, 3.8) is 0 Å². The van der Waals surface area contributed by atoms with E-state index >= 15 is 0 Å². The molecule has 1 amide bonds. The van der Waals surface area contributed by atoms with Crippen LogP contribution in [0, 0.1) is 0 Å². The van der Waals surface area contributed by atoms with Gasteiger partial charge in [-0.15, -0.1) is 10.2 Å². The first-order chi connectivity index (χ1) is 11.7. The molecule has 0 aliphatic heterocycles. The molecule has 1 aromatic carbocycles. The second kappa shape index (κ2) is 7.10. The van der Waals surface area contributed by atoms with Gasteiger partial charge in [-0.2, -0.15) is 0 Å². The summed E-state index contributed by atoms with van der Waals surface area (Å²) in [6.45, 7) is 3.45. The molecule has 0 saturated heterocycles. The topological polar surface area (TPSA) is 89.3 Å². The molecule has 0 saturated carbocycles. The largest absolute Gasteiger partial charge is 0.493 e. The molecule has 1 N–H and O–H groups in total. The molecular formula is C17H17N3O4. The Morgan fingerprint density at radius 2 is 2.12 bits per heavy atom. The fourth-order valence-corrected chi connectivity index (χ4v) is 2.44. The lowest BCUT2D eigenvalue weighted by Crippen LogP contribution is -2.05. The van der Waals surface area contributed by atoms with Crippen molar-refractivity contribution in [3.05, 3.63) is 48.4 Å². The molecule has 0 aliphatic carbocycles. The monoisotopic (exact) mass is 327 g/mol. The van der Waals surface area contributed by atoms with E-state index in [-0.39, 0.29) is 17.3 Å². The highest BCUT2D eigenvalue weighted by Crippen LogP contribution is 2.38. The molecule has 0 aliphatic rings. The number of rotatable bonds is 6. The first-order valence-electron chi connectivity index (χ1n) is 7.60. The summed E-state index contributed by atoms with van der Waals surface area (Å²) in [5.74, 6) is -0.559. The fourth-order valence-electron chi connectivity index (χ4n) is 2.44. The molecule has 0 unspecified atom stereocenters. The van der Waals surface area contributed by atoms with Gasteiger partial charge in [0.1, 0.15) is 0 Å². The summed E-state index contributed by atoms with van der Waals surface area (Å²) in [5.41, 5.74) is 1.05. The average molecular weight is 327 g/mol. The summed E-state index contributed by atoms with van der Waals surface area (Å²) in [6.07, 6.45) is 1.39. The molecule has 0 atom stereocenters. The number of benzene rings is 1. The highest BCUT2D eigenvalue weighted by atomic mass is 16.5. The minimum atomic E-state index is -0.606. The van der Waals surface area contributed by atoms with Crippen LogP contribution in [0.4, 0.5) is 5.69 Å². The van der Waals surface area contributed by atoms with Gasteiger partial charge in [0.2, 0.25) is 5.88 Å². The molecule has 7 heteroatoms. The van der Waals surface area contributed by atoms with Gasteiger partial charge in [-0.25, -0.2) is 0 Å². The van der Waals surface area contributed by atoms with Gasteiger partial charge in [-0.3, -0.25) is 4.79 Å². The van der Waals surface area contributed by atoms with Crippen molar-refractivity contribution in [1.82, 2.24) is 4.57 Å². The number of hydrogen-bond acceptors (Lipinski definition) is 5. The molecule has 2 heterocycles. The molecule has 3 aromatic rings. The molecule has 0 fully saturated rings. The summed E-state index contributed by atoms with van der Waals surface area (Å²) in [4.78, 5) is 11.9. The van der Waals surface area contributed by atoms with Gasteiger partial charge < -0.3 is 18.8 Å². The summed E-state index contributed by atoms with van der Waals surface area (Å²) in [6, 6.07) is 10.5. The molecule has 7 nitrogen and oxygen atoms in total. The zero-order valence-electron chi connectivity index (χ0n) is 13.2. The molecule has 124 valence electrons. The van der Waals surface area contributed by atoms with Gasteiger partial charge in [0.25, 0.3) is 0 Å². The Morgan fingerprint density at radius 1 is 1.29 bits per heavy atom. The number of amides is 1. The number of furan rings is 1. The maximum absolute atomic E-state index is 11.9. The highest BCUT2D eigenvalue weighted by Gasteiger charge is 2.17. The Balaban J connectivity index is 1.95. The van der Waals surface area contributed by atoms with Crippen LogP contribution in [0.1, 0.15) is 17.5 Å². The molecular weight excluding hydrogens is 310 g/mol. The molecule has 2 aromatic heterocycles. The van der Waals surface area contributed by atoms with E-state index in [1.165, 1.54) is 12.3 Å². The van der Waals surface area contributed by atoms with E-state index in [9.17, 15) is 9.90 Å². The van der Waals surface area contributed by atoms with Gasteiger partial charge in [0.15, 0.2) is 11.4 Å². The van der Waals surface area contributed by atoms with E-state index in [0.29, 0.717) is 25.1 Å². The Kier molecular flexibility index (Phi) is 4.72. The van der Waals surface area contributed by atoms with Gasteiger partial charge >= 0.3 is 5.91 Å². The number of fused-ring (bicyclic) bond motifs is 1. The maximum Gasteiger partial charge on any atom is 0.331 e. The third-order valence-electron chi connectivity index (χ3n) is 3.55. The minimum absolute atomic E-state index is 0.0492. The third kappa shape index (κ3) is 3.07. The lowest BCUT2D eigenvalue weighted by Gasteiger charge is -2.06. The first-order valence-corrected chi connectivity index (χ1v) is 7.60. The Bertz CT molecular complexity index is 865. The van der Waals surface area contributed by atoms with E-state index in [2.05, 4.69) is 10.2 Å². The molecule has 0 bridgehead atoms. The predicted octanol–water partition coefficient (Wildman–Crippen LogP) is 3.90. The second-order valence-electron chi connectivity index (χ2n) is 5.02. The Hall–Kier alpha value is -2.93. The van der Waals surface area contributed by atoms with Crippen molar-refractivity contribution >= 4 is 22.5 Å². The van der Waals surface area contributed by atoms with Gasteiger partial charge in [-0.05, 0) is 25.1 Å². The zero-order valence-corrected chi connectivity index (χ0v) is 13.2. The van der Waals surface area contributed by atoms with E-state index in [1.807, 2.05) is 31.2 Å². The normalized spacial score (nSPS) is 11.5. The zero-order chi connectivity index (χ0) is 16.9. The Labute approximate surface area is 138 Å². The SMILES string of the molecule is CCOCCn1c(O)c(N=NC(=O)c2ccco2)c2ccccc21. The lowest BCUT2D eigenvalue weighted by atomic mass is 10.2. The number of aromatic hydroxyl groups is 1. The number of azo groups is 1. The first kappa shape index (κ1) is 15.9. The summed E-state index contributed by atoms with van der Waals surface area (Å²) >= 11 is 0. The number of carbonyl (C=O) groups is 1. The smallest absolute Gasteiger partial charge is 0.331 e. The van der Waals surface area contributed by atoms with E-state index in [0.717, 1.165) is 5.52 Å². The van der Waals surface area contributed by atoms with Crippen molar-refractivity contribution in [2.24, 2.45) is 10.2 Å². The van der Waals surface area contributed by atoms with Crippen LogP contribution >= 0.6 is 0 Å². The summed E-state index contributed by atoms with van der Waals surface area (Å²) < 4.78 is 12.0. The van der Waals surface area contributed by atoms with Crippen LogP contribution in [-0.4, -0.2) is 28.8 Å². The molecule has 0 spiro atoms. The number of ether oxygens (including phenoxy) is 1. The van der Waals surface area contributed by atoms with E-state index in [4.69, 9.17) is 9.15 Å². The van der Waals surface area contributed by atoms with Gasteiger partial charge in [0, 0.05) is 18.5 Å². The second-order valence-corrected chi connectivity index (χ2v) is 5.02. The molecule has 3 rings (SSSR count). The highest BCUT2D eigenvalue weighted by molar-refractivity contribution is 5.96. The number of carbonyl (C=O) groups excluding carboxylic acids is 1. The summed E-state index contributed by atoms with van der Waals surface area (Å²) in [5, 5.41) is 18.8. The van der Waals surface area contributed by atoms with E-state index in [1.54, 1.807) is 10.6 Å². The average Bonchev–Trinajstić information content (AvgIpc) is 3.21. The van der Waals surface area contributed by atoms with Crippen LogP contribution in [0.5, 0.6) is 5.88 Å². The van der Waals surface area contributed by atoms with Crippen LogP contribution < -0.4 is 0 Å². The van der Waals surface area contributed by atoms with Crippen LogP contribution in [0.25, 0.3) is 10.9 Å². The van der Waals surface area contributed by atoms with Gasteiger partial charge in [0.05, 0.1) is 18.4 Å². The Morgan fingerprint density at radius 3 is 2.88 bits per heavy atom. The lowest BCUT2D eigenvalue weighted by molar-refractivity contribution is 0.0968. The maximum atomic E-state index is 11.9. The minimum Gasteiger partial charge on any atom is -0.493 e. The summed E-state index contributed by atoms with van der Waals surface area (Å²) in [7, 11) is 0. The van der Waals surface area contributed by atoms with Crippen molar-refractivity contribution in [3.8, 4) is 5.88 Å². The molecule has 24 heavy (non-hydrogen) atoms. The third-order valence-corrected chi connectivity index (χ3v) is 3.55. The van der Waals surface area contributed by atoms with Crippen molar-refractivity contribution in [2.75, 3.05) is 13.2 Å². The molecule has 0 radical (unpaired) electrons. The van der Waals surface area contributed by atoms with Crippen molar-refractivity contribution in [1.29, 1.82) is 0 Å². The van der Waals surface area contributed by atoms with Crippen LogP contribution in [0.15, 0.2) is 57.3 Å². The quantitative estimate of drug-likeness (QED) is 0.549. The number of para-hydroxylation sites is 1. The standard InChI is InChI=1S/C17H17N3O4/c1-2-23-11-9-20-13-7-4-3-6-12(13)15(17(20)22)18-19-16(21)14-8-5-10-24-14/h3-8,10,22H,2,9,11H2,1H3. The number of hydrogen-bond donors (Lipinski definition) is 1. The number of nitrogens with zero attached hydrogens (tertiary/aromatic N) is 3. The van der Waals surface area contributed by atoms with E-state index < -0.39 is 5.91 Å². The fraction of sp³-hybridized carbons (Fsp3) is 0.235.